The fraction of sp³-hybridized carbons (Fsp3) is 0.500. The second-order valence-electron chi connectivity index (χ2n) is 5.75. The van der Waals surface area contributed by atoms with E-state index in [1.54, 1.807) is 11.9 Å². The zero-order chi connectivity index (χ0) is 16.1. The van der Waals surface area contributed by atoms with Crippen molar-refractivity contribution >= 4 is 27.8 Å². The number of carboxylic acids is 1. The van der Waals surface area contributed by atoms with Gasteiger partial charge in [0.1, 0.15) is 0 Å². The minimum absolute atomic E-state index is 0.0155. The lowest BCUT2D eigenvalue weighted by Crippen LogP contribution is -2.44. The maximum Gasteiger partial charge on any atom is 0.307 e. The van der Waals surface area contributed by atoms with Crippen molar-refractivity contribution in [2.45, 2.75) is 19.4 Å². The van der Waals surface area contributed by atoms with Crippen molar-refractivity contribution in [3.63, 3.8) is 0 Å². The van der Waals surface area contributed by atoms with Gasteiger partial charge in [0, 0.05) is 24.6 Å². The second-order valence-corrected chi connectivity index (χ2v) is 6.61. The first kappa shape index (κ1) is 17.0. The fourth-order valence-corrected chi connectivity index (χ4v) is 3.09. The molecule has 5 nitrogen and oxygen atoms in total. The summed E-state index contributed by atoms with van der Waals surface area (Å²) in [5.74, 6) is -1.10. The quantitative estimate of drug-likeness (QED) is 0.865. The van der Waals surface area contributed by atoms with Gasteiger partial charge in [0.2, 0.25) is 5.91 Å². The van der Waals surface area contributed by atoms with Crippen molar-refractivity contribution in [3.05, 3.63) is 34.3 Å². The molecule has 1 aliphatic heterocycles. The molecule has 0 unspecified atom stereocenters. The number of rotatable bonds is 5. The number of carboxylic acid groups (broad SMARTS) is 1. The number of piperidine rings is 1. The number of nitrogens with zero attached hydrogens (tertiary/aromatic N) is 2. The van der Waals surface area contributed by atoms with Crippen molar-refractivity contribution in [2.24, 2.45) is 5.92 Å². The van der Waals surface area contributed by atoms with Crippen LogP contribution in [0.5, 0.6) is 0 Å². The zero-order valence-electron chi connectivity index (χ0n) is 12.7. The maximum absolute atomic E-state index is 12.3. The molecule has 0 spiro atoms. The van der Waals surface area contributed by atoms with E-state index in [1.165, 1.54) is 0 Å². The van der Waals surface area contributed by atoms with Crippen LogP contribution in [0.25, 0.3) is 0 Å². The summed E-state index contributed by atoms with van der Waals surface area (Å²) in [4.78, 5) is 27.0. The number of likely N-dealkylation sites (tertiary alicyclic amines) is 1. The molecule has 1 aromatic carbocycles. The third kappa shape index (κ3) is 4.55. The molecule has 22 heavy (non-hydrogen) atoms. The summed E-state index contributed by atoms with van der Waals surface area (Å²) in [7, 11) is 1.78. The fourth-order valence-electron chi connectivity index (χ4n) is 2.68. The van der Waals surface area contributed by atoms with Gasteiger partial charge in [-0.1, -0.05) is 34.1 Å². The van der Waals surface area contributed by atoms with Crippen LogP contribution in [0.15, 0.2) is 28.7 Å². The van der Waals surface area contributed by atoms with Crippen molar-refractivity contribution in [3.8, 4) is 0 Å². The van der Waals surface area contributed by atoms with Gasteiger partial charge in [-0.2, -0.15) is 0 Å². The Morgan fingerprint density at radius 2 is 2.14 bits per heavy atom. The largest absolute Gasteiger partial charge is 0.481 e. The Labute approximate surface area is 139 Å². The van der Waals surface area contributed by atoms with Gasteiger partial charge in [0.05, 0.1) is 12.5 Å². The third-order valence-corrected chi connectivity index (χ3v) is 4.78. The number of amides is 1. The number of hydrogen-bond donors (Lipinski definition) is 1. The normalized spacial score (nSPS) is 18.9. The Balaban J connectivity index is 1.88. The molecule has 120 valence electrons. The maximum atomic E-state index is 12.3. The van der Waals surface area contributed by atoms with E-state index in [4.69, 9.17) is 5.11 Å². The third-order valence-electron chi connectivity index (χ3n) is 4.00. The molecule has 0 radical (unpaired) electrons. The molecular weight excluding hydrogens is 348 g/mol. The van der Waals surface area contributed by atoms with Gasteiger partial charge >= 0.3 is 5.97 Å². The van der Waals surface area contributed by atoms with Crippen LogP contribution >= 0.6 is 15.9 Å². The SMILES string of the molecule is CN(Cc1ccccc1Br)C(=O)CN1CCC[C@H](C(=O)O)C1. The molecule has 0 bridgehead atoms. The number of carbonyl (C=O) groups is 2. The Kier molecular flexibility index (Phi) is 5.97. The number of aliphatic carboxylic acids is 1. The molecule has 1 fully saturated rings. The molecule has 1 heterocycles. The van der Waals surface area contributed by atoms with Gasteiger partial charge in [0.15, 0.2) is 0 Å². The predicted octanol–water partition coefficient (Wildman–Crippen LogP) is 2.20. The van der Waals surface area contributed by atoms with E-state index < -0.39 is 5.97 Å². The summed E-state index contributed by atoms with van der Waals surface area (Å²) in [6.45, 7) is 2.07. The molecule has 6 heteroatoms. The van der Waals surface area contributed by atoms with Crippen LogP contribution in [0.1, 0.15) is 18.4 Å². The highest BCUT2D eigenvalue weighted by molar-refractivity contribution is 9.10. The predicted molar refractivity (Wildman–Crippen MR) is 87.4 cm³/mol. The van der Waals surface area contributed by atoms with E-state index in [-0.39, 0.29) is 18.4 Å². The lowest BCUT2D eigenvalue weighted by molar-refractivity contribution is -0.144. The Bertz CT molecular complexity index is 550. The van der Waals surface area contributed by atoms with Gasteiger partial charge in [-0.05, 0) is 31.0 Å². The summed E-state index contributed by atoms with van der Waals surface area (Å²) in [6, 6.07) is 7.82. The minimum Gasteiger partial charge on any atom is -0.481 e. The van der Waals surface area contributed by atoms with Crippen molar-refractivity contribution in [1.29, 1.82) is 0 Å². The molecule has 0 saturated carbocycles. The topological polar surface area (TPSA) is 60.9 Å². The van der Waals surface area contributed by atoms with Crippen molar-refractivity contribution in [1.82, 2.24) is 9.80 Å². The first-order chi connectivity index (χ1) is 10.5. The van der Waals surface area contributed by atoms with Crippen LogP contribution in [0.4, 0.5) is 0 Å². The molecule has 1 amide bonds. The molecule has 1 aromatic rings. The van der Waals surface area contributed by atoms with Gasteiger partial charge < -0.3 is 10.0 Å². The monoisotopic (exact) mass is 368 g/mol. The van der Waals surface area contributed by atoms with Crippen LogP contribution in [0.2, 0.25) is 0 Å². The zero-order valence-corrected chi connectivity index (χ0v) is 14.3. The van der Waals surface area contributed by atoms with E-state index in [9.17, 15) is 9.59 Å². The van der Waals surface area contributed by atoms with Crippen LogP contribution in [-0.2, 0) is 16.1 Å². The van der Waals surface area contributed by atoms with Crippen LogP contribution in [0, 0.1) is 5.92 Å². The Morgan fingerprint density at radius 1 is 1.41 bits per heavy atom. The van der Waals surface area contributed by atoms with Crippen LogP contribution < -0.4 is 0 Å². The Hall–Kier alpha value is -1.40. The summed E-state index contributed by atoms with van der Waals surface area (Å²) in [5, 5.41) is 9.10. The highest BCUT2D eigenvalue weighted by Gasteiger charge is 2.27. The lowest BCUT2D eigenvalue weighted by Gasteiger charge is -2.31. The van der Waals surface area contributed by atoms with Gasteiger partial charge in [0.25, 0.3) is 0 Å². The summed E-state index contributed by atoms with van der Waals surface area (Å²) < 4.78 is 0.985. The average molecular weight is 369 g/mol. The highest BCUT2D eigenvalue weighted by atomic mass is 79.9. The average Bonchev–Trinajstić information content (AvgIpc) is 2.49. The van der Waals surface area contributed by atoms with Crippen molar-refractivity contribution < 1.29 is 14.7 Å². The Morgan fingerprint density at radius 3 is 2.82 bits per heavy atom. The van der Waals surface area contributed by atoms with Crippen LogP contribution in [-0.4, -0.2) is 53.5 Å². The van der Waals surface area contributed by atoms with E-state index in [0.717, 1.165) is 23.0 Å². The van der Waals surface area contributed by atoms with E-state index in [2.05, 4.69) is 15.9 Å². The summed E-state index contributed by atoms with van der Waals surface area (Å²) in [6.07, 6.45) is 1.53. The van der Waals surface area contributed by atoms with Gasteiger partial charge in [-0.3, -0.25) is 14.5 Å². The molecule has 1 saturated heterocycles. The number of benzene rings is 1. The number of likely N-dealkylation sites (N-methyl/N-ethyl adjacent to an activating group) is 1. The molecule has 1 atom stereocenters. The molecule has 1 aliphatic rings. The summed E-state index contributed by atoms with van der Waals surface area (Å²) in [5.41, 5.74) is 1.06. The summed E-state index contributed by atoms with van der Waals surface area (Å²) >= 11 is 3.48. The number of halogens is 1. The number of carbonyl (C=O) groups excluding carboxylic acids is 1. The minimum atomic E-state index is -0.765. The number of hydrogen-bond acceptors (Lipinski definition) is 3. The standard InChI is InChI=1S/C16H21BrN2O3/c1-18(9-12-5-2-3-7-14(12)17)15(20)11-19-8-4-6-13(10-19)16(21)22/h2-3,5,7,13H,4,6,8-11H2,1H3,(H,21,22)/t13-/m0/s1. The molecule has 0 aromatic heterocycles. The molecule has 2 rings (SSSR count). The first-order valence-electron chi connectivity index (χ1n) is 7.40. The molecule has 0 aliphatic carbocycles. The lowest BCUT2D eigenvalue weighted by atomic mass is 9.98. The van der Waals surface area contributed by atoms with E-state index >= 15 is 0 Å². The van der Waals surface area contributed by atoms with Gasteiger partial charge in [-0.15, -0.1) is 0 Å². The van der Waals surface area contributed by atoms with Crippen molar-refractivity contribution in [2.75, 3.05) is 26.7 Å². The highest BCUT2D eigenvalue weighted by Crippen LogP contribution is 2.19. The smallest absolute Gasteiger partial charge is 0.307 e. The van der Waals surface area contributed by atoms with E-state index in [1.807, 2.05) is 29.2 Å². The second kappa shape index (κ2) is 7.74. The van der Waals surface area contributed by atoms with Crippen LogP contribution in [0.3, 0.4) is 0 Å². The molecular formula is C16H21BrN2O3. The molecule has 1 N–H and O–H groups in total. The van der Waals surface area contributed by atoms with E-state index in [0.29, 0.717) is 19.5 Å². The van der Waals surface area contributed by atoms with Gasteiger partial charge in [-0.25, -0.2) is 0 Å². The first-order valence-corrected chi connectivity index (χ1v) is 8.19.